The van der Waals surface area contributed by atoms with Gasteiger partial charge in [0, 0.05) is 24.8 Å². The van der Waals surface area contributed by atoms with E-state index in [0.29, 0.717) is 5.92 Å². The first-order valence-electron chi connectivity index (χ1n) is 6.87. The van der Waals surface area contributed by atoms with E-state index in [4.69, 9.17) is 0 Å². The quantitative estimate of drug-likeness (QED) is 0.924. The monoisotopic (exact) mass is 288 g/mol. The van der Waals surface area contributed by atoms with Crippen LogP contribution >= 0.6 is 0 Å². The third-order valence-corrected chi connectivity index (χ3v) is 4.04. The number of aromatic nitrogens is 1. The second-order valence-electron chi connectivity index (χ2n) is 5.35. The number of likely N-dealkylation sites (N-methyl/N-ethyl adjacent to an activating group) is 1. The molecular weight excluding hydrogens is 269 g/mol. The maximum absolute atomic E-state index is 12.7. The summed E-state index contributed by atoms with van der Waals surface area (Å²) in [5.74, 6) is 0.432. The minimum absolute atomic E-state index is 0.0404. The van der Waals surface area contributed by atoms with Crippen molar-refractivity contribution < 1.29 is 13.2 Å². The van der Waals surface area contributed by atoms with Crippen molar-refractivity contribution in [2.24, 2.45) is 5.92 Å². The number of alkyl halides is 3. The minimum Gasteiger partial charge on any atom is -0.315 e. The predicted molar refractivity (Wildman–Crippen MR) is 70.5 cm³/mol. The molecule has 3 nitrogen and oxygen atoms in total. The molecule has 1 aliphatic rings. The van der Waals surface area contributed by atoms with Crippen molar-refractivity contribution in [3.05, 3.63) is 34.2 Å². The van der Waals surface area contributed by atoms with Crippen LogP contribution in [0.5, 0.6) is 0 Å². The van der Waals surface area contributed by atoms with E-state index < -0.39 is 17.3 Å². The summed E-state index contributed by atoms with van der Waals surface area (Å²) < 4.78 is 39.2. The molecule has 6 heteroatoms. The van der Waals surface area contributed by atoms with Crippen LogP contribution in [-0.2, 0) is 12.7 Å². The highest BCUT2D eigenvalue weighted by atomic mass is 19.4. The van der Waals surface area contributed by atoms with E-state index in [-0.39, 0.29) is 12.6 Å². The molecule has 1 atom stereocenters. The zero-order valence-corrected chi connectivity index (χ0v) is 11.4. The van der Waals surface area contributed by atoms with Crippen LogP contribution in [0.4, 0.5) is 13.2 Å². The number of pyridine rings is 1. The molecule has 1 aromatic heterocycles. The highest BCUT2D eigenvalue weighted by Crippen LogP contribution is 2.30. The van der Waals surface area contributed by atoms with E-state index in [1.165, 1.54) is 4.57 Å². The molecule has 20 heavy (non-hydrogen) atoms. The van der Waals surface area contributed by atoms with Gasteiger partial charge in [-0.15, -0.1) is 0 Å². The highest BCUT2D eigenvalue weighted by Gasteiger charge is 2.31. The number of rotatable bonds is 4. The van der Waals surface area contributed by atoms with Crippen LogP contribution < -0.4 is 10.9 Å². The summed E-state index contributed by atoms with van der Waals surface area (Å²) in [5, 5.41) is 3.14. The zero-order valence-electron chi connectivity index (χ0n) is 11.4. The van der Waals surface area contributed by atoms with Gasteiger partial charge in [-0.3, -0.25) is 4.79 Å². The van der Waals surface area contributed by atoms with Crippen LogP contribution in [0.3, 0.4) is 0 Å². The summed E-state index contributed by atoms with van der Waals surface area (Å²) in [7, 11) is 1.79. The Morgan fingerprint density at radius 1 is 1.35 bits per heavy atom. The van der Waals surface area contributed by atoms with Crippen LogP contribution in [0.2, 0.25) is 0 Å². The van der Waals surface area contributed by atoms with Gasteiger partial charge in [0.2, 0.25) is 0 Å². The van der Waals surface area contributed by atoms with Crippen molar-refractivity contribution in [3.8, 4) is 0 Å². The first-order valence-corrected chi connectivity index (χ1v) is 6.87. The fourth-order valence-electron chi connectivity index (χ4n) is 2.89. The lowest BCUT2D eigenvalue weighted by molar-refractivity contribution is -0.138. The molecule has 112 valence electrons. The Labute approximate surface area is 115 Å². The molecule has 1 unspecified atom stereocenters. The van der Waals surface area contributed by atoms with Crippen molar-refractivity contribution >= 4 is 0 Å². The molecule has 1 fully saturated rings. The van der Waals surface area contributed by atoms with Crippen LogP contribution in [0, 0.1) is 5.92 Å². The summed E-state index contributed by atoms with van der Waals surface area (Å²) in [4.78, 5) is 11.7. The van der Waals surface area contributed by atoms with Gasteiger partial charge in [-0.1, -0.05) is 12.8 Å². The minimum atomic E-state index is -4.42. The lowest BCUT2D eigenvalue weighted by atomic mass is 9.98. The molecule has 0 saturated heterocycles. The smallest absolute Gasteiger partial charge is 0.315 e. The van der Waals surface area contributed by atoms with Crippen molar-refractivity contribution in [3.63, 3.8) is 0 Å². The van der Waals surface area contributed by atoms with E-state index in [9.17, 15) is 18.0 Å². The van der Waals surface area contributed by atoms with E-state index in [0.717, 1.165) is 44.0 Å². The predicted octanol–water partition coefficient (Wildman–Crippen LogP) is 2.65. The summed E-state index contributed by atoms with van der Waals surface area (Å²) >= 11 is 0. The van der Waals surface area contributed by atoms with Gasteiger partial charge >= 0.3 is 6.18 Å². The molecule has 1 aliphatic carbocycles. The van der Waals surface area contributed by atoms with Crippen molar-refractivity contribution in [1.29, 1.82) is 0 Å². The van der Waals surface area contributed by atoms with Crippen LogP contribution in [0.15, 0.2) is 23.1 Å². The van der Waals surface area contributed by atoms with Crippen molar-refractivity contribution in [2.45, 2.75) is 44.4 Å². The third kappa shape index (κ3) is 3.42. The number of nitrogens with one attached hydrogen (secondary N) is 1. The van der Waals surface area contributed by atoms with Crippen LogP contribution in [0.25, 0.3) is 0 Å². The van der Waals surface area contributed by atoms with Gasteiger partial charge in [-0.2, -0.15) is 13.2 Å². The molecule has 1 aromatic rings. The average Bonchev–Trinajstić information content (AvgIpc) is 2.90. The van der Waals surface area contributed by atoms with Gasteiger partial charge in [0.25, 0.3) is 5.56 Å². The Bertz CT molecular complexity index is 504. The zero-order chi connectivity index (χ0) is 14.8. The SMILES string of the molecule is CNC(Cn1cc(C(F)(F)F)ccc1=O)C1CCCC1. The number of nitrogens with zero attached hydrogens (tertiary/aromatic N) is 1. The van der Waals surface area contributed by atoms with Crippen LogP contribution in [-0.4, -0.2) is 17.7 Å². The Balaban J connectivity index is 2.20. The lowest BCUT2D eigenvalue weighted by Crippen LogP contribution is -2.39. The van der Waals surface area contributed by atoms with Gasteiger partial charge in [0.15, 0.2) is 0 Å². The van der Waals surface area contributed by atoms with E-state index in [1.807, 2.05) is 0 Å². The van der Waals surface area contributed by atoms with Crippen LogP contribution in [0.1, 0.15) is 31.2 Å². The third-order valence-electron chi connectivity index (χ3n) is 4.04. The van der Waals surface area contributed by atoms with Gasteiger partial charge in [-0.25, -0.2) is 0 Å². The normalized spacial score (nSPS) is 18.4. The topological polar surface area (TPSA) is 34.0 Å². The average molecular weight is 288 g/mol. The van der Waals surface area contributed by atoms with Gasteiger partial charge < -0.3 is 9.88 Å². The number of hydrogen-bond acceptors (Lipinski definition) is 2. The maximum Gasteiger partial charge on any atom is 0.417 e. The van der Waals surface area contributed by atoms with Gasteiger partial charge in [-0.05, 0) is 31.9 Å². The maximum atomic E-state index is 12.7. The lowest BCUT2D eigenvalue weighted by Gasteiger charge is -2.24. The molecule has 0 bridgehead atoms. The van der Waals surface area contributed by atoms with E-state index in [2.05, 4.69) is 5.32 Å². The molecule has 0 aliphatic heterocycles. The molecular formula is C14H19F3N2O. The number of halogens is 3. The van der Waals surface area contributed by atoms with Gasteiger partial charge in [0.05, 0.1) is 5.56 Å². The molecule has 0 radical (unpaired) electrons. The second-order valence-corrected chi connectivity index (χ2v) is 5.35. The van der Waals surface area contributed by atoms with E-state index >= 15 is 0 Å². The molecule has 2 rings (SSSR count). The molecule has 0 amide bonds. The molecule has 1 heterocycles. The molecule has 1 saturated carbocycles. The summed E-state index contributed by atoms with van der Waals surface area (Å²) in [5.41, 5.74) is -1.17. The standard InChI is InChI=1S/C14H19F3N2O/c1-18-12(10-4-2-3-5-10)9-19-8-11(14(15,16)17)6-7-13(19)20/h6-8,10,12,18H,2-5,9H2,1H3. The Kier molecular flexibility index (Phi) is 4.52. The highest BCUT2D eigenvalue weighted by molar-refractivity contribution is 5.13. The number of hydrogen-bond donors (Lipinski definition) is 1. The molecule has 1 N–H and O–H groups in total. The Morgan fingerprint density at radius 3 is 2.55 bits per heavy atom. The van der Waals surface area contributed by atoms with E-state index in [1.54, 1.807) is 7.05 Å². The molecule has 0 spiro atoms. The Morgan fingerprint density at radius 2 is 2.00 bits per heavy atom. The fraction of sp³-hybridized carbons (Fsp3) is 0.643. The second kappa shape index (κ2) is 5.99. The van der Waals surface area contributed by atoms with Crippen molar-refractivity contribution in [1.82, 2.24) is 9.88 Å². The molecule has 0 aromatic carbocycles. The fourth-order valence-corrected chi connectivity index (χ4v) is 2.89. The first kappa shape index (κ1) is 15.1. The van der Waals surface area contributed by atoms with Gasteiger partial charge in [0.1, 0.15) is 0 Å². The first-order chi connectivity index (χ1) is 9.41. The summed E-state index contributed by atoms with van der Waals surface area (Å²) in [6, 6.07) is 1.87. The summed E-state index contributed by atoms with van der Waals surface area (Å²) in [6.45, 7) is 0.282. The Hall–Kier alpha value is -1.30. The van der Waals surface area contributed by atoms with Crippen molar-refractivity contribution in [2.75, 3.05) is 7.05 Å². The largest absolute Gasteiger partial charge is 0.417 e. The summed E-state index contributed by atoms with van der Waals surface area (Å²) in [6.07, 6.45) is 0.943.